The topological polar surface area (TPSA) is 41.4 Å². The van der Waals surface area contributed by atoms with Gasteiger partial charge in [-0.05, 0) is 25.6 Å². The number of benzene rings is 1. The van der Waals surface area contributed by atoms with Crippen molar-refractivity contribution in [3.8, 4) is 0 Å². The standard InChI is InChI=1S/C16H20N4O/c1-3-19-12-14(10-17-19)16(21)20-9-8-18(2)11-13-6-4-5-7-15(13)20/h4-7,10,12H,3,8-9,11H2,1-2H3. The highest BCUT2D eigenvalue weighted by Crippen LogP contribution is 2.25. The minimum absolute atomic E-state index is 0.0254. The van der Waals surface area contributed by atoms with Crippen LogP contribution in [0.25, 0.3) is 0 Å². The minimum Gasteiger partial charge on any atom is -0.307 e. The molecule has 0 aliphatic carbocycles. The first kappa shape index (κ1) is 13.8. The summed E-state index contributed by atoms with van der Waals surface area (Å²) in [6.07, 6.45) is 3.47. The molecule has 1 amide bonds. The Balaban J connectivity index is 1.95. The number of para-hydroxylation sites is 1. The number of hydrogen-bond donors (Lipinski definition) is 0. The fourth-order valence-electron chi connectivity index (χ4n) is 2.68. The Labute approximate surface area is 124 Å². The highest BCUT2D eigenvalue weighted by atomic mass is 16.2. The van der Waals surface area contributed by atoms with Crippen molar-refractivity contribution < 1.29 is 4.79 Å². The lowest BCUT2D eigenvalue weighted by molar-refractivity contribution is 0.0986. The van der Waals surface area contributed by atoms with Gasteiger partial charge >= 0.3 is 0 Å². The molecule has 2 heterocycles. The first-order valence-corrected chi connectivity index (χ1v) is 7.30. The fraction of sp³-hybridized carbons (Fsp3) is 0.375. The summed E-state index contributed by atoms with van der Waals surface area (Å²) in [4.78, 5) is 16.9. The number of carbonyl (C=O) groups excluding carboxylic acids is 1. The normalized spacial score (nSPS) is 15.6. The van der Waals surface area contributed by atoms with Crippen LogP contribution in [0.4, 0.5) is 5.69 Å². The lowest BCUT2D eigenvalue weighted by Gasteiger charge is -2.22. The van der Waals surface area contributed by atoms with E-state index in [-0.39, 0.29) is 5.91 Å². The molecule has 1 aliphatic heterocycles. The Bertz CT molecular complexity index is 649. The molecule has 0 radical (unpaired) electrons. The monoisotopic (exact) mass is 284 g/mol. The molecule has 110 valence electrons. The molecular formula is C16H20N4O. The maximum absolute atomic E-state index is 12.8. The third kappa shape index (κ3) is 2.69. The summed E-state index contributed by atoms with van der Waals surface area (Å²) >= 11 is 0. The Morgan fingerprint density at radius 3 is 2.86 bits per heavy atom. The van der Waals surface area contributed by atoms with Crippen LogP contribution in [0.1, 0.15) is 22.8 Å². The summed E-state index contributed by atoms with van der Waals surface area (Å²) in [5.41, 5.74) is 2.85. The zero-order valence-electron chi connectivity index (χ0n) is 12.5. The van der Waals surface area contributed by atoms with Crippen LogP contribution in [0.2, 0.25) is 0 Å². The van der Waals surface area contributed by atoms with Crippen molar-refractivity contribution in [1.82, 2.24) is 14.7 Å². The Kier molecular flexibility index (Phi) is 3.75. The molecule has 0 unspecified atom stereocenters. The molecule has 0 saturated carbocycles. The summed E-state index contributed by atoms with van der Waals surface area (Å²) in [6.45, 7) is 5.21. The zero-order chi connectivity index (χ0) is 14.8. The molecule has 0 atom stereocenters. The van der Waals surface area contributed by atoms with Crippen molar-refractivity contribution in [3.05, 3.63) is 47.8 Å². The van der Waals surface area contributed by atoms with Gasteiger partial charge in [0.05, 0.1) is 11.8 Å². The molecule has 2 aromatic rings. The van der Waals surface area contributed by atoms with E-state index in [2.05, 4.69) is 23.1 Å². The van der Waals surface area contributed by atoms with Gasteiger partial charge in [-0.1, -0.05) is 18.2 Å². The highest BCUT2D eigenvalue weighted by Gasteiger charge is 2.24. The van der Waals surface area contributed by atoms with Gasteiger partial charge in [-0.15, -0.1) is 0 Å². The van der Waals surface area contributed by atoms with Crippen LogP contribution in [0.5, 0.6) is 0 Å². The van der Waals surface area contributed by atoms with Gasteiger partial charge in [0.15, 0.2) is 0 Å². The number of aromatic nitrogens is 2. The molecule has 0 saturated heterocycles. The molecule has 5 heteroatoms. The summed E-state index contributed by atoms with van der Waals surface area (Å²) in [5.74, 6) is 0.0254. The van der Waals surface area contributed by atoms with Crippen molar-refractivity contribution >= 4 is 11.6 Å². The predicted octanol–water partition coefficient (Wildman–Crippen LogP) is 2.00. The van der Waals surface area contributed by atoms with E-state index in [1.807, 2.05) is 36.2 Å². The molecular weight excluding hydrogens is 264 g/mol. The van der Waals surface area contributed by atoms with Crippen molar-refractivity contribution in [1.29, 1.82) is 0 Å². The van der Waals surface area contributed by atoms with E-state index < -0.39 is 0 Å². The first-order valence-electron chi connectivity index (χ1n) is 7.30. The highest BCUT2D eigenvalue weighted by molar-refractivity contribution is 6.06. The maximum Gasteiger partial charge on any atom is 0.261 e. The number of hydrogen-bond acceptors (Lipinski definition) is 3. The largest absolute Gasteiger partial charge is 0.307 e. The lowest BCUT2D eigenvalue weighted by atomic mass is 10.1. The van der Waals surface area contributed by atoms with Crippen molar-refractivity contribution in [2.24, 2.45) is 0 Å². The van der Waals surface area contributed by atoms with E-state index in [0.29, 0.717) is 12.1 Å². The summed E-state index contributed by atoms with van der Waals surface area (Å²) in [5, 5.41) is 4.20. The number of amides is 1. The van der Waals surface area contributed by atoms with Gasteiger partial charge in [-0.3, -0.25) is 9.48 Å². The third-order valence-electron chi connectivity index (χ3n) is 3.88. The molecule has 0 spiro atoms. The number of carbonyl (C=O) groups is 1. The van der Waals surface area contributed by atoms with E-state index >= 15 is 0 Å². The van der Waals surface area contributed by atoms with Gasteiger partial charge in [-0.2, -0.15) is 5.10 Å². The second-order valence-corrected chi connectivity index (χ2v) is 5.41. The van der Waals surface area contributed by atoms with E-state index in [1.54, 1.807) is 10.9 Å². The molecule has 1 aromatic carbocycles. The number of rotatable bonds is 2. The van der Waals surface area contributed by atoms with Crippen LogP contribution < -0.4 is 4.90 Å². The first-order chi connectivity index (χ1) is 10.2. The molecule has 1 aliphatic rings. The van der Waals surface area contributed by atoms with Crippen LogP contribution >= 0.6 is 0 Å². The van der Waals surface area contributed by atoms with Crippen molar-refractivity contribution in [3.63, 3.8) is 0 Å². The predicted molar refractivity (Wildman–Crippen MR) is 82.4 cm³/mol. The maximum atomic E-state index is 12.8. The molecule has 21 heavy (non-hydrogen) atoms. The number of aryl methyl sites for hydroxylation is 1. The average molecular weight is 284 g/mol. The average Bonchev–Trinajstić information content (AvgIpc) is 2.91. The SMILES string of the molecule is CCn1cc(C(=O)N2CCN(C)Cc3ccccc32)cn1. The van der Waals surface area contributed by atoms with Crippen LogP contribution in [0, 0.1) is 0 Å². The van der Waals surface area contributed by atoms with E-state index in [4.69, 9.17) is 0 Å². The summed E-state index contributed by atoms with van der Waals surface area (Å²) in [6, 6.07) is 8.12. The Hall–Kier alpha value is -2.14. The Morgan fingerprint density at radius 1 is 1.29 bits per heavy atom. The van der Waals surface area contributed by atoms with Gasteiger partial charge in [0.2, 0.25) is 0 Å². The van der Waals surface area contributed by atoms with Crippen LogP contribution in [-0.4, -0.2) is 40.7 Å². The van der Waals surface area contributed by atoms with E-state index in [0.717, 1.165) is 25.3 Å². The summed E-state index contributed by atoms with van der Waals surface area (Å²) < 4.78 is 1.78. The third-order valence-corrected chi connectivity index (χ3v) is 3.88. The number of nitrogens with zero attached hydrogens (tertiary/aromatic N) is 4. The quantitative estimate of drug-likeness (QED) is 0.847. The van der Waals surface area contributed by atoms with Gasteiger partial charge in [0.25, 0.3) is 5.91 Å². The van der Waals surface area contributed by atoms with Gasteiger partial charge in [0, 0.05) is 38.1 Å². The molecule has 3 rings (SSSR count). The summed E-state index contributed by atoms with van der Waals surface area (Å²) in [7, 11) is 2.08. The molecule has 1 aromatic heterocycles. The number of likely N-dealkylation sites (N-methyl/N-ethyl adjacent to an activating group) is 1. The number of anilines is 1. The fourth-order valence-corrected chi connectivity index (χ4v) is 2.68. The minimum atomic E-state index is 0.0254. The molecule has 0 N–H and O–H groups in total. The lowest BCUT2D eigenvalue weighted by Crippen LogP contribution is -2.35. The van der Waals surface area contributed by atoms with E-state index in [9.17, 15) is 4.79 Å². The second kappa shape index (κ2) is 5.69. The van der Waals surface area contributed by atoms with Crippen LogP contribution in [0.15, 0.2) is 36.7 Å². The van der Waals surface area contributed by atoms with E-state index in [1.165, 1.54) is 5.56 Å². The number of fused-ring (bicyclic) bond motifs is 1. The molecule has 0 fully saturated rings. The Morgan fingerprint density at radius 2 is 2.10 bits per heavy atom. The second-order valence-electron chi connectivity index (χ2n) is 5.41. The van der Waals surface area contributed by atoms with Crippen LogP contribution in [-0.2, 0) is 13.1 Å². The smallest absolute Gasteiger partial charge is 0.261 e. The van der Waals surface area contributed by atoms with Crippen molar-refractivity contribution in [2.75, 3.05) is 25.0 Å². The molecule has 0 bridgehead atoms. The van der Waals surface area contributed by atoms with Gasteiger partial charge in [0.1, 0.15) is 0 Å². The van der Waals surface area contributed by atoms with Gasteiger partial charge < -0.3 is 9.80 Å². The van der Waals surface area contributed by atoms with Crippen LogP contribution in [0.3, 0.4) is 0 Å². The zero-order valence-corrected chi connectivity index (χ0v) is 12.5. The molecule has 5 nitrogen and oxygen atoms in total. The van der Waals surface area contributed by atoms with Gasteiger partial charge in [-0.25, -0.2) is 0 Å². The van der Waals surface area contributed by atoms with Crippen molar-refractivity contribution in [2.45, 2.75) is 20.0 Å².